The van der Waals surface area contributed by atoms with Crippen LogP contribution in [-0.2, 0) is 6.54 Å². The molecule has 2 heterocycles. The maximum absolute atomic E-state index is 5.64. The first-order chi connectivity index (χ1) is 6.42. The summed E-state index contributed by atoms with van der Waals surface area (Å²) in [6, 6.07) is 6.10. The predicted octanol–water partition coefficient (Wildman–Crippen LogP) is 2.67. The van der Waals surface area contributed by atoms with Crippen LogP contribution in [0.3, 0.4) is 0 Å². The van der Waals surface area contributed by atoms with Gasteiger partial charge in [0.25, 0.3) is 0 Å². The van der Waals surface area contributed by atoms with Crippen molar-refractivity contribution in [2.75, 3.05) is 5.88 Å². The van der Waals surface area contributed by atoms with E-state index in [9.17, 15) is 0 Å². The summed E-state index contributed by atoms with van der Waals surface area (Å²) >= 11 is 5.64. The lowest BCUT2D eigenvalue weighted by Gasteiger charge is -2.01. The first-order valence-electron chi connectivity index (χ1n) is 4.37. The Morgan fingerprint density at radius 3 is 3.15 bits per heavy atom. The zero-order valence-corrected chi connectivity index (χ0v) is 8.04. The normalized spacial score (nSPS) is 10.8. The second-order valence-electron chi connectivity index (χ2n) is 2.97. The minimum atomic E-state index is 0.701. The highest BCUT2D eigenvalue weighted by Gasteiger charge is 1.99. The van der Waals surface area contributed by atoms with Gasteiger partial charge in [-0.1, -0.05) is 0 Å². The molecular formula is C10H11ClN2. The van der Waals surface area contributed by atoms with E-state index in [1.54, 1.807) is 0 Å². The molecule has 0 aromatic carbocycles. The van der Waals surface area contributed by atoms with Crippen molar-refractivity contribution in [2.24, 2.45) is 0 Å². The van der Waals surface area contributed by atoms with Crippen molar-refractivity contribution in [1.29, 1.82) is 0 Å². The van der Waals surface area contributed by atoms with Crippen LogP contribution in [-0.4, -0.2) is 15.4 Å². The first-order valence-corrected chi connectivity index (χ1v) is 4.91. The molecule has 68 valence electrons. The van der Waals surface area contributed by atoms with E-state index in [1.807, 2.05) is 12.3 Å². The Hall–Kier alpha value is -1.02. The van der Waals surface area contributed by atoms with Crippen LogP contribution in [0.5, 0.6) is 0 Å². The van der Waals surface area contributed by atoms with Crippen molar-refractivity contribution in [1.82, 2.24) is 9.55 Å². The Balaban J connectivity index is 2.35. The summed E-state index contributed by atoms with van der Waals surface area (Å²) in [4.78, 5) is 4.31. The van der Waals surface area contributed by atoms with Crippen molar-refractivity contribution >= 4 is 22.6 Å². The maximum Gasteiger partial charge on any atom is 0.139 e. The van der Waals surface area contributed by atoms with Crippen molar-refractivity contribution < 1.29 is 0 Å². The van der Waals surface area contributed by atoms with Crippen LogP contribution < -0.4 is 0 Å². The largest absolute Gasteiger partial charge is 0.332 e. The SMILES string of the molecule is ClCCCn1ccc2cccnc21. The summed E-state index contributed by atoms with van der Waals surface area (Å²) in [6.07, 6.45) is 4.87. The Morgan fingerprint density at radius 1 is 1.38 bits per heavy atom. The summed E-state index contributed by atoms with van der Waals surface area (Å²) in [6.45, 7) is 0.948. The standard InChI is InChI=1S/C10H11ClN2/c11-5-2-7-13-8-4-9-3-1-6-12-10(9)13/h1,3-4,6,8H,2,5,7H2. The number of fused-ring (bicyclic) bond motifs is 1. The van der Waals surface area contributed by atoms with Crippen molar-refractivity contribution in [2.45, 2.75) is 13.0 Å². The van der Waals surface area contributed by atoms with Crippen LogP contribution >= 0.6 is 11.6 Å². The Bertz CT molecular complexity index is 394. The molecule has 0 amide bonds. The van der Waals surface area contributed by atoms with Crippen LogP contribution in [0.4, 0.5) is 0 Å². The topological polar surface area (TPSA) is 17.8 Å². The molecule has 0 unspecified atom stereocenters. The van der Waals surface area contributed by atoms with Gasteiger partial charge in [-0.25, -0.2) is 4.98 Å². The summed E-state index contributed by atoms with van der Waals surface area (Å²) in [5.74, 6) is 0.701. The van der Waals surface area contributed by atoms with Crippen molar-refractivity contribution in [3.05, 3.63) is 30.6 Å². The van der Waals surface area contributed by atoms with E-state index in [1.165, 1.54) is 5.39 Å². The smallest absolute Gasteiger partial charge is 0.139 e. The minimum absolute atomic E-state index is 0.701. The van der Waals surface area contributed by atoms with Gasteiger partial charge in [-0.05, 0) is 24.6 Å². The molecule has 3 heteroatoms. The molecule has 0 aliphatic heterocycles. The lowest BCUT2D eigenvalue weighted by Crippen LogP contribution is -1.97. The Morgan fingerprint density at radius 2 is 2.31 bits per heavy atom. The molecule has 0 radical (unpaired) electrons. The molecular weight excluding hydrogens is 184 g/mol. The predicted molar refractivity (Wildman–Crippen MR) is 55.1 cm³/mol. The fourth-order valence-electron chi connectivity index (χ4n) is 1.43. The highest BCUT2D eigenvalue weighted by atomic mass is 35.5. The second-order valence-corrected chi connectivity index (χ2v) is 3.35. The van der Waals surface area contributed by atoms with Gasteiger partial charge in [0.05, 0.1) is 0 Å². The molecule has 0 aliphatic carbocycles. The average molecular weight is 195 g/mol. The lowest BCUT2D eigenvalue weighted by molar-refractivity contribution is 0.701. The molecule has 2 aromatic heterocycles. The van der Waals surface area contributed by atoms with Crippen LogP contribution in [0.2, 0.25) is 0 Å². The van der Waals surface area contributed by atoms with Gasteiger partial charge in [0.2, 0.25) is 0 Å². The molecule has 2 rings (SSSR count). The molecule has 2 nitrogen and oxygen atoms in total. The summed E-state index contributed by atoms with van der Waals surface area (Å²) in [5.41, 5.74) is 1.05. The molecule has 0 bridgehead atoms. The molecule has 0 spiro atoms. The number of aryl methyl sites for hydroxylation is 1. The van der Waals surface area contributed by atoms with Crippen LogP contribution in [0.1, 0.15) is 6.42 Å². The Labute approximate surface area is 82.1 Å². The highest BCUT2D eigenvalue weighted by Crippen LogP contribution is 2.12. The number of nitrogens with zero attached hydrogens (tertiary/aromatic N) is 2. The molecule has 0 N–H and O–H groups in total. The minimum Gasteiger partial charge on any atom is -0.332 e. The van der Waals surface area contributed by atoms with Gasteiger partial charge >= 0.3 is 0 Å². The average Bonchev–Trinajstić information content (AvgIpc) is 2.58. The van der Waals surface area contributed by atoms with Gasteiger partial charge in [-0.3, -0.25) is 0 Å². The quantitative estimate of drug-likeness (QED) is 0.687. The number of alkyl halides is 1. The second kappa shape index (κ2) is 3.79. The molecule has 0 atom stereocenters. The molecule has 13 heavy (non-hydrogen) atoms. The number of rotatable bonds is 3. The van der Waals surface area contributed by atoms with Gasteiger partial charge < -0.3 is 4.57 Å². The number of pyridine rings is 1. The molecule has 0 saturated heterocycles. The first kappa shape index (κ1) is 8.57. The van der Waals surface area contributed by atoms with Crippen LogP contribution in [0.25, 0.3) is 11.0 Å². The fourth-order valence-corrected chi connectivity index (χ4v) is 1.55. The molecule has 2 aromatic rings. The van der Waals surface area contributed by atoms with E-state index in [0.717, 1.165) is 18.6 Å². The van der Waals surface area contributed by atoms with Crippen LogP contribution in [0, 0.1) is 0 Å². The summed E-state index contributed by atoms with van der Waals surface area (Å²) in [5, 5.41) is 1.19. The summed E-state index contributed by atoms with van der Waals surface area (Å²) < 4.78 is 2.14. The number of aromatic nitrogens is 2. The molecule has 0 aliphatic rings. The van der Waals surface area contributed by atoms with Gasteiger partial charge in [0, 0.05) is 30.2 Å². The van der Waals surface area contributed by atoms with E-state index in [-0.39, 0.29) is 0 Å². The third-order valence-electron chi connectivity index (χ3n) is 2.06. The summed E-state index contributed by atoms with van der Waals surface area (Å²) in [7, 11) is 0. The van der Waals surface area contributed by atoms with E-state index in [0.29, 0.717) is 5.88 Å². The monoisotopic (exact) mass is 194 g/mol. The molecule has 0 saturated carbocycles. The van der Waals surface area contributed by atoms with Crippen LogP contribution in [0.15, 0.2) is 30.6 Å². The van der Waals surface area contributed by atoms with Gasteiger partial charge in [-0.15, -0.1) is 11.6 Å². The van der Waals surface area contributed by atoms with Gasteiger partial charge in [-0.2, -0.15) is 0 Å². The Kier molecular flexibility index (Phi) is 2.50. The zero-order valence-electron chi connectivity index (χ0n) is 7.28. The number of hydrogen-bond donors (Lipinski definition) is 0. The maximum atomic E-state index is 5.64. The molecule has 0 fully saturated rings. The van der Waals surface area contributed by atoms with Crippen molar-refractivity contribution in [3.63, 3.8) is 0 Å². The van der Waals surface area contributed by atoms with E-state index >= 15 is 0 Å². The third-order valence-corrected chi connectivity index (χ3v) is 2.32. The van der Waals surface area contributed by atoms with Gasteiger partial charge in [0.1, 0.15) is 5.65 Å². The lowest BCUT2D eigenvalue weighted by atomic mass is 10.3. The van der Waals surface area contributed by atoms with E-state index < -0.39 is 0 Å². The highest BCUT2D eigenvalue weighted by molar-refractivity contribution is 6.17. The van der Waals surface area contributed by atoms with Crippen molar-refractivity contribution in [3.8, 4) is 0 Å². The zero-order chi connectivity index (χ0) is 9.10. The fraction of sp³-hybridized carbons (Fsp3) is 0.300. The van der Waals surface area contributed by atoms with Gasteiger partial charge in [0.15, 0.2) is 0 Å². The number of hydrogen-bond acceptors (Lipinski definition) is 1. The third kappa shape index (κ3) is 1.68. The van der Waals surface area contributed by atoms with E-state index in [4.69, 9.17) is 11.6 Å². The van der Waals surface area contributed by atoms with E-state index in [2.05, 4.69) is 27.9 Å². The number of halogens is 1.